The Kier molecular flexibility index (Phi) is 6.00. The van der Waals surface area contributed by atoms with Crippen molar-refractivity contribution in [2.24, 2.45) is 0 Å². The monoisotopic (exact) mass is 522 g/mol. The molecular formula is C23H19ClN8O3S. The van der Waals surface area contributed by atoms with Crippen LogP contribution in [-0.2, 0) is 10.0 Å². The molecule has 0 aliphatic heterocycles. The van der Waals surface area contributed by atoms with Crippen molar-refractivity contribution in [2.45, 2.75) is 11.8 Å². The van der Waals surface area contributed by atoms with Gasteiger partial charge in [0.2, 0.25) is 10.0 Å². The highest BCUT2D eigenvalue weighted by atomic mass is 35.5. The summed E-state index contributed by atoms with van der Waals surface area (Å²) in [5.41, 5.74) is 2.72. The molecular weight excluding hydrogens is 504 g/mol. The van der Waals surface area contributed by atoms with E-state index in [1.54, 1.807) is 36.7 Å². The topological polar surface area (TPSA) is 136 Å². The highest BCUT2D eigenvalue weighted by Crippen LogP contribution is 2.26. The van der Waals surface area contributed by atoms with E-state index in [4.69, 9.17) is 11.6 Å². The molecule has 0 radical (unpaired) electrons. The first-order chi connectivity index (χ1) is 17.2. The van der Waals surface area contributed by atoms with E-state index in [2.05, 4.69) is 30.2 Å². The van der Waals surface area contributed by atoms with Gasteiger partial charge in [-0.25, -0.2) is 27.6 Å². The predicted octanol–water partition coefficient (Wildman–Crippen LogP) is 3.10. The molecule has 0 aliphatic rings. The van der Waals surface area contributed by atoms with Crippen LogP contribution in [0.4, 0.5) is 5.82 Å². The number of halogens is 1. The number of carbonyl (C=O) groups is 1. The summed E-state index contributed by atoms with van der Waals surface area (Å²) in [6.45, 7) is 1.92. The van der Waals surface area contributed by atoms with Crippen LogP contribution in [0.1, 0.15) is 15.9 Å². The lowest BCUT2D eigenvalue weighted by Crippen LogP contribution is -2.18. The van der Waals surface area contributed by atoms with Crippen LogP contribution in [0.2, 0.25) is 5.02 Å². The third kappa shape index (κ3) is 4.44. The number of anilines is 1. The number of rotatable bonds is 6. The Morgan fingerprint density at radius 2 is 1.81 bits per heavy atom. The van der Waals surface area contributed by atoms with Crippen LogP contribution in [0.15, 0.2) is 72.1 Å². The molecule has 0 fully saturated rings. The summed E-state index contributed by atoms with van der Waals surface area (Å²) in [7, 11) is -2.22. The van der Waals surface area contributed by atoms with Crippen LogP contribution < -0.4 is 10.0 Å². The number of fused-ring (bicyclic) bond motifs is 1. The Morgan fingerprint density at radius 3 is 2.50 bits per heavy atom. The smallest absolute Gasteiger partial charge is 0.262 e. The molecule has 182 valence electrons. The predicted molar refractivity (Wildman–Crippen MR) is 134 cm³/mol. The number of aryl methyl sites for hydroxylation is 1. The number of benzene rings is 1. The minimum absolute atomic E-state index is 0.127. The first-order valence-corrected chi connectivity index (χ1v) is 12.5. The van der Waals surface area contributed by atoms with Gasteiger partial charge in [0.15, 0.2) is 11.5 Å². The van der Waals surface area contributed by atoms with E-state index in [-0.39, 0.29) is 10.5 Å². The van der Waals surface area contributed by atoms with E-state index in [1.165, 1.54) is 40.8 Å². The van der Waals surface area contributed by atoms with Crippen LogP contribution >= 0.6 is 11.6 Å². The zero-order valence-electron chi connectivity index (χ0n) is 19.0. The van der Waals surface area contributed by atoms with E-state index in [0.29, 0.717) is 33.6 Å². The molecule has 2 N–H and O–H groups in total. The average molecular weight is 523 g/mol. The maximum absolute atomic E-state index is 13.2. The second-order valence-corrected chi connectivity index (χ2v) is 10.1. The number of nitrogens with one attached hydrogen (secondary N) is 2. The van der Waals surface area contributed by atoms with Crippen LogP contribution in [0.3, 0.4) is 0 Å². The van der Waals surface area contributed by atoms with Crippen molar-refractivity contribution in [1.29, 1.82) is 0 Å². The van der Waals surface area contributed by atoms with Crippen LogP contribution in [0.25, 0.3) is 22.7 Å². The van der Waals surface area contributed by atoms with E-state index in [1.807, 2.05) is 13.0 Å². The summed E-state index contributed by atoms with van der Waals surface area (Å²) >= 11 is 5.96. The zero-order valence-corrected chi connectivity index (χ0v) is 20.6. The largest absolute Gasteiger partial charge is 0.306 e. The van der Waals surface area contributed by atoms with Gasteiger partial charge in [-0.05, 0) is 37.7 Å². The Bertz CT molecular complexity index is 1690. The van der Waals surface area contributed by atoms with Crippen molar-refractivity contribution in [3.05, 3.63) is 83.4 Å². The molecule has 4 heterocycles. The molecule has 0 atom stereocenters. The normalized spacial score (nSPS) is 11.6. The first kappa shape index (κ1) is 23.6. The minimum Gasteiger partial charge on any atom is -0.306 e. The molecule has 0 spiro atoms. The van der Waals surface area contributed by atoms with Crippen LogP contribution in [0.5, 0.6) is 0 Å². The number of nitrogens with zero attached hydrogens (tertiary/aromatic N) is 6. The molecule has 11 nitrogen and oxygen atoms in total. The van der Waals surface area contributed by atoms with Gasteiger partial charge >= 0.3 is 0 Å². The highest BCUT2D eigenvalue weighted by Gasteiger charge is 2.19. The summed E-state index contributed by atoms with van der Waals surface area (Å²) in [5, 5.41) is 12.0. The van der Waals surface area contributed by atoms with Gasteiger partial charge in [-0.3, -0.25) is 4.79 Å². The molecule has 0 aliphatic carbocycles. The Balaban J connectivity index is 1.54. The number of amides is 1. The van der Waals surface area contributed by atoms with Crippen molar-refractivity contribution in [3.63, 3.8) is 0 Å². The van der Waals surface area contributed by atoms with Gasteiger partial charge in [-0.15, -0.1) is 0 Å². The van der Waals surface area contributed by atoms with Crippen molar-refractivity contribution in [1.82, 2.24) is 34.1 Å². The van der Waals surface area contributed by atoms with Gasteiger partial charge in [-0.1, -0.05) is 29.8 Å². The number of pyridine rings is 1. The van der Waals surface area contributed by atoms with E-state index in [0.717, 1.165) is 5.56 Å². The Morgan fingerprint density at radius 1 is 1.03 bits per heavy atom. The van der Waals surface area contributed by atoms with Crippen molar-refractivity contribution >= 4 is 39.0 Å². The molecule has 13 heteroatoms. The summed E-state index contributed by atoms with van der Waals surface area (Å²) in [6, 6.07) is 11.6. The zero-order chi connectivity index (χ0) is 25.4. The molecule has 5 aromatic rings. The van der Waals surface area contributed by atoms with Gasteiger partial charge in [0, 0.05) is 24.0 Å². The number of hydrogen-bond donors (Lipinski definition) is 2. The third-order valence-corrected chi connectivity index (χ3v) is 6.99. The van der Waals surface area contributed by atoms with Gasteiger partial charge < -0.3 is 5.32 Å². The van der Waals surface area contributed by atoms with Gasteiger partial charge in [0.1, 0.15) is 11.4 Å². The molecule has 0 bridgehead atoms. The van der Waals surface area contributed by atoms with Crippen molar-refractivity contribution in [3.8, 4) is 17.1 Å². The summed E-state index contributed by atoms with van der Waals surface area (Å²) in [5.74, 6) is 0.392. The SMILES string of the molecule is CNS(=O)(=O)c1ccc(-c2cc(NC(=O)c3cnn4cc(Cl)cnc34)n(-c3ccc(C)cn3)n2)cc1. The fraction of sp³-hybridized carbons (Fsp3) is 0.0870. The van der Waals surface area contributed by atoms with Crippen LogP contribution in [0, 0.1) is 6.92 Å². The fourth-order valence-corrected chi connectivity index (χ4v) is 4.36. The molecule has 5 rings (SSSR count). The molecule has 0 saturated heterocycles. The summed E-state index contributed by atoms with van der Waals surface area (Å²) in [6.07, 6.45) is 6.09. The lowest BCUT2D eigenvalue weighted by molar-refractivity contribution is 0.102. The lowest BCUT2D eigenvalue weighted by atomic mass is 10.1. The number of hydrogen-bond acceptors (Lipinski definition) is 7. The van der Waals surface area contributed by atoms with Crippen molar-refractivity contribution < 1.29 is 13.2 Å². The number of aromatic nitrogens is 6. The Hall–Kier alpha value is -4.13. The molecule has 0 saturated carbocycles. The number of sulfonamides is 1. The Labute approximate surface area is 210 Å². The summed E-state index contributed by atoms with van der Waals surface area (Å²) in [4.78, 5) is 21.9. The minimum atomic E-state index is -3.57. The second-order valence-electron chi connectivity index (χ2n) is 7.81. The van der Waals surface area contributed by atoms with Gasteiger partial charge in [0.05, 0.1) is 28.0 Å². The lowest BCUT2D eigenvalue weighted by Gasteiger charge is -2.08. The standard InChI is InChI=1S/C23H19ClN8O3S/c1-14-3-8-20(26-10-14)32-21(29-23(33)18-12-28-31-13-16(24)11-27-22(18)31)9-19(30-32)15-4-6-17(7-5-15)36(34,35)25-2/h3-13,25H,1-2H3,(H,29,33). The molecule has 36 heavy (non-hydrogen) atoms. The highest BCUT2D eigenvalue weighted by molar-refractivity contribution is 7.89. The number of carbonyl (C=O) groups excluding carboxylic acids is 1. The van der Waals surface area contributed by atoms with E-state index in [9.17, 15) is 13.2 Å². The summed E-state index contributed by atoms with van der Waals surface area (Å²) < 4.78 is 29.3. The van der Waals surface area contributed by atoms with E-state index >= 15 is 0 Å². The maximum atomic E-state index is 13.2. The molecule has 1 amide bonds. The quantitative estimate of drug-likeness (QED) is 0.349. The third-order valence-electron chi connectivity index (χ3n) is 5.36. The molecule has 1 aromatic carbocycles. The van der Waals surface area contributed by atoms with Gasteiger partial charge in [-0.2, -0.15) is 14.9 Å². The van der Waals surface area contributed by atoms with Gasteiger partial charge in [0.25, 0.3) is 5.91 Å². The first-order valence-electron chi connectivity index (χ1n) is 10.6. The van der Waals surface area contributed by atoms with E-state index < -0.39 is 15.9 Å². The maximum Gasteiger partial charge on any atom is 0.262 e. The fourth-order valence-electron chi connectivity index (χ4n) is 3.49. The molecule has 4 aromatic heterocycles. The molecule has 0 unspecified atom stereocenters. The second kappa shape index (κ2) is 9.15. The average Bonchev–Trinajstić information content (AvgIpc) is 3.49. The van der Waals surface area contributed by atoms with Crippen LogP contribution in [-0.4, -0.2) is 50.7 Å². The van der Waals surface area contributed by atoms with Crippen molar-refractivity contribution in [2.75, 3.05) is 12.4 Å².